The zero-order chi connectivity index (χ0) is 19.5. The van der Waals surface area contributed by atoms with Crippen LogP contribution in [0.15, 0.2) is 48.5 Å². The fourth-order valence-electron chi connectivity index (χ4n) is 3.15. The third-order valence-electron chi connectivity index (χ3n) is 4.60. The van der Waals surface area contributed by atoms with Crippen LogP contribution >= 0.6 is 0 Å². The van der Waals surface area contributed by atoms with Gasteiger partial charge in [-0.05, 0) is 30.7 Å². The van der Waals surface area contributed by atoms with Crippen molar-refractivity contribution in [3.05, 3.63) is 59.9 Å². The van der Waals surface area contributed by atoms with E-state index in [2.05, 4.69) is 25.9 Å². The highest BCUT2D eigenvalue weighted by Gasteiger charge is 2.27. The molecular weight excluding hydrogens is 358 g/mol. The molecule has 4 rings (SSSR count). The average molecular weight is 377 g/mol. The van der Waals surface area contributed by atoms with Crippen LogP contribution in [0.1, 0.15) is 29.0 Å². The molecule has 1 unspecified atom stereocenters. The van der Waals surface area contributed by atoms with Crippen LogP contribution in [0.5, 0.6) is 0 Å². The van der Waals surface area contributed by atoms with Gasteiger partial charge in [0.25, 0.3) is 5.91 Å². The zero-order valence-electron chi connectivity index (χ0n) is 15.0. The van der Waals surface area contributed by atoms with Crippen LogP contribution in [-0.2, 0) is 16.1 Å². The lowest BCUT2D eigenvalue weighted by molar-refractivity contribution is -0.122. The Morgan fingerprint density at radius 2 is 1.86 bits per heavy atom. The van der Waals surface area contributed by atoms with E-state index >= 15 is 0 Å². The Bertz CT molecular complexity index is 1030. The summed E-state index contributed by atoms with van der Waals surface area (Å²) >= 11 is 0. The Morgan fingerprint density at radius 3 is 2.71 bits per heavy atom. The molecule has 1 atom stereocenters. The van der Waals surface area contributed by atoms with E-state index < -0.39 is 6.04 Å². The van der Waals surface area contributed by atoms with Gasteiger partial charge in [-0.3, -0.25) is 14.4 Å². The number of hydrogen-bond acceptors (Lipinski definition) is 4. The molecule has 0 radical (unpaired) electrons. The summed E-state index contributed by atoms with van der Waals surface area (Å²) in [5.74, 6) is -0.222. The maximum Gasteiger partial charge on any atom is 0.254 e. The first-order valence-corrected chi connectivity index (χ1v) is 9.01. The van der Waals surface area contributed by atoms with Gasteiger partial charge < -0.3 is 20.9 Å². The van der Waals surface area contributed by atoms with Crippen molar-refractivity contribution in [3.63, 3.8) is 0 Å². The molecule has 0 spiro atoms. The van der Waals surface area contributed by atoms with Gasteiger partial charge in [-0.15, -0.1) is 0 Å². The first-order valence-electron chi connectivity index (χ1n) is 9.01. The summed E-state index contributed by atoms with van der Waals surface area (Å²) in [6, 6.07) is 13.7. The van der Waals surface area contributed by atoms with Crippen LogP contribution in [0.2, 0.25) is 0 Å². The second-order valence-corrected chi connectivity index (χ2v) is 6.58. The highest BCUT2D eigenvalue weighted by molar-refractivity contribution is 6.09. The van der Waals surface area contributed by atoms with Gasteiger partial charge in [-0.1, -0.05) is 24.3 Å². The van der Waals surface area contributed by atoms with Crippen molar-refractivity contribution in [2.45, 2.75) is 25.4 Å². The van der Waals surface area contributed by atoms with Crippen LogP contribution in [0.25, 0.3) is 11.0 Å². The molecule has 1 aliphatic heterocycles. The number of carbonyl (C=O) groups excluding carboxylic acids is 3. The molecular formula is C20H19N5O3. The van der Waals surface area contributed by atoms with Gasteiger partial charge in [0.1, 0.15) is 11.9 Å². The zero-order valence-corrected chi connectivity index (χ0v) is 15.0. The summed E-state index contributed by atoms with van der Waals surface area (Å²) in [7, 11) is 0. The summed E-state index contributed by atoms with van der Waals surface area (Å²) in [4.78, 5) is 44.3. The number of anilines is 1. The van der Waals surface area contributed by atoms with E-state index in [0.29, 0.717) is 17.1 Å². The highest BCUT2D eigenvalue weighted by Crippen LogP contribution is 2.19. The third kappa shape index (κ3) is 3.71. The second kappa shape index (κ2) is 7.51. The second-order valence-electron chi connectivity index (χ2n) is 6.58. The minimum Gasteiger partial charge on any atom is -0.349 e. The first-order chi connectivity index (χ1) is 13.6. The van der Waals surface area contributed by atoms with Crippen LogP contribution in [0.4, 0.5) is 5.69 Å². The molecule has 4 N–H and O–H groups in total. The normalized spacial score (nSPS) is 16.1. The Hall–Kier alpha value is -3.68. The quantitative estimate of drug-likeness (QED) is 0.542. The van der Waals surface area contributed by atoms with Gasteiger partial charge in [0.2, 0.25) is 11.8 Å². The Kier molecular flexibility index (Phi) is 4.76. The van der Waals surface area contributed by atoms with Crippen LogP contribution in [-0.4, -0.2) is 33.7 Å². The molecule has 0 fully saturated rings. The Morgan fingerprint density at radius 1 is 1.07 bits per heavy atom. The average Bonchev–Trinajstić information content (AvgIpc) is 3.07. The molecule has 28 heavy (non-hydrogen) atoms. The number of rotatable bonds is 5. The molecule has 3 amide bonds. The van der Waals surface area contributed by atoms with Gasteiger partial charge in [0, 0.05) is 6.42 Å². The molecule has 8 nitrogen and oxygen atoms in total. The van der Waals surface area contributed by atoms with Crippen molar-refractivity contribution >= 4 is 34.4 Å². The van der Waals surface area contributed by atoms with Gasteiger partial charge in [-0.2, -0.15) is 0 Å². The van der Waals surface area contributed by atoms with Crippen molar-refractivity contribution in [2.75, 3.05) is 5.32 Å². The lowest BCUT2D eigenvalue weighted by atomic mass is 10.1. The van der Waals surface area contributed by atoms with Gasteiger partial charge >= 0.3 is 0 Å². The van der Waals surface area contributed by atoms with Crippen molar-refractivity contribution in [2.24, 2.45) is 0 Å². The maximum atomic E-state index is 12.3. The van der Waals surface area contributed by atoms with E-state index in [9.17, 15) is 14.4 Å². The largest absolute Gasteiger partial charge is 0.349 e. The topological polar surface area (TPSA) is 116 Å². The fourth-order valence-corrected chi connectivity index (χ4v) is 3.15. The number of nitrogens with zero attached hydrogens (tertiary/aromatic N) is 1. The highest BCUT2D eigenvalue weighted by atomic mass is 16.2. The number of H-pyrrole nitrogens is 1. The standard InChI is InChI=1S/C20H19N5O3/c26-18(21-11-17-22-14-7-3-4-8-15(14)23-17)10-9-16-20(28)24-13-6-2-1-5-12(13)19(27)25-16/h1-8,16H,9-11H2,(H,21,26)(H,22,23)(H,24,28)(H,25,27). The summed E-state index contributed by atoms with van der Waals surface area (Å²) in [5, 5.41) is 8.19. The van der Waals surface area contributed by atoms with E-state index in [1.807, 2.05) is 24.3 Å². The number of amides is 3. The van der Waals surface area contributed by atoms with Gasteiger partial charge in [-0.25, -0.2) is 4.98 Å². The first kappa shape index (κ1) is 17.7. The molecule has 1 aromatic heterocycles. The predicted octanol–water partition coefficient (Wildman–Crippen LogP) is 1.71. The number of carbonyl (C=O) groups is 3. The summed E-state index contributed by atoms with van der Waals surface area (Å²) in [5.41, 5.74) is 2.63. The van der Waals surface area contributed by atoms with Crippen LogP contribution < -0.4 is 16.0 Å². The maximum absolute atomic E-state index is 12.3. The van der Waals surface area contributed by atoms with E-state index in [0.717, 1.165) is 11.0 Å². The molecule has 0 bridgehead atoms. The fraction of sp³-hybridized carbons (Fsp3) is 0.200. The Labute approximate surface area is 160 Å². The predicted molar refractivity (Wildman–Crippen MR) is 104 cm³/mol. The molecule has 142 valence electrons. The summed E-state index contributed by atoms with van der Waals surface area (Å²) in [6.45, 7) is 0.266. The smallest absolute Gasteiger partial charge is 0.254 e. The monoisotopic (exact) mass is 377 g/mol. The van der Waals surface area contributed by atoms with Crippen molar-refractivity contribution < 1.29 is 14.4 Å². The minimum atomic E-state index is -0.767. The lowest BCUT2D eigenvalue weighted by Crippen LogP contribution is -2.42. The van der Waals surface area contributed by atoms with Crippen molar-refractivity contribution in [1.82, 2.24) is 20.6 Å². The van der Waals surface area contributed by atoms with Crippen molar-refractivity contribution in [1.29, 1.82) is 0 Å². The number of aromatic amines is 1. The molecule has 1 aliphatic rings. The minimum absolute atomic E-state index is 0.106. The summed E-state index contributed by atoms with van der Waals surface area (Å²) in [6.07, 6.45) is 0.312. The van der Waals surface area contributed by atoms with E-state index in [1.54, 1.807) is 24.3 Å². The SMILES string of the molecule is O=C(CCC1NC(=O)c2ccccc2NC1=O)NCc1nc2ccccc2[nH]1. The number of imidazole rings is 1. The van der Waals surface area contributed by atoms with Crippen molar-refractivity contribution in [3.8, 4) is 0 Å². The molecule has 0 aliphatic carbocycles. The van der Waals surface area contributed by atoms with Gasteiger partial charge in [0.05, 0.1) is 28.8 Å². The summed E-state index contributed by atoms with van der Waals surface area (Å²) < 4.78 is 0. The van der Waals surface area contributed by atoms with E-state index in [1.165, 1.54) is 0 Å². The molecule has 0 saturated heterocycles. The lowest BCUT2D eigenvalue weighted by Gasteiger charge is -2.14. The number of fused-ring (bicyclic) bond motifs is 2. The number of hydrogen-bond donors (Lipinski definition) is 4. The number of aromatic nitrogens is 2. The Balaban J connectivity index is 1.32. The molecule has 0 saturated carbocycles. The van der Waals surface area contributed by atoms with Crippen LogP contribution in [0.3, 0.4) is 0 Å². The number of para-hydroxylation sites is 3. The number of nitrogens with one attached hydrogen (secondary N) is 4. The molecule has 3 aromatic rings. The van der Waals surface area contributed by atoms with E-state index in [-0.39, 0.29) is 37.1 Å². The molecule has 2 aromatic carbocycles. The molecule has 2 heterocycles. The number of benzene rings is 2. The molecule has 8 heteroatoms. The van der Waals surface area contributed by atoms with Crippen LogP contribution in [0, 0.1) is 0 Å². The third-order valence-corrected chi connectivity index (χ3v) is 4.60. The van der Waals surface area contributed by atoms with Gasteiger partial charge in [0.15, 0.2) is 0 Å². The van der Waals surface area contributed by atoms with E-state index in [4.69, 9.17) is 0 Å².